The number of aliphatic hydroxyl groups excluding tert-OH is 1. The molecule has 5 saturated heterocycles. The number of hydrazine groups is 2. The number of phosphoric acid groups is 1. The van der Waals surface area contributed by atoms with E-state index in [2.05, 4.69) is 36.7 Å². The molecule has 2 aromatic heterocycles. The normalized spacial score (nSPS) is 45.2. The van der Waals surface area contributed by atoms with Gasteiger partial charge in [-0.15, -0.1) is 11.8 Å². The van der Waals surface area contributed by atoms with Gasteiger partial charge in [0.2, 0.25) is 5.91 Å². The number of fused-ring (bicyclic) bond motifs is 5. The van der Waals surface area contributed by atoms with Crippen molar-refractivity contribution in [3.8, 4) is 0 Å². The Morgan fingerprint density at radius 2 is 2.00 bits per heavy atom. The molecule has 11 N–H and O–H groups in total. The zero-order valence-corrected chi connectivity index (χ0v) is 25.8. The van der Waals surface area contributed by atoms with E-state index in [-0.39, 0.29) is 18.1 Å². The summed E-state index contributed by atoms with van der Waals surface area (Å²) in [6.45, 7) is -4.93. The van der Waals surface area contributed by atoms with E-state index in [0.717, 1.165) is 11.8 Å². The Kier molecular flexibility index (Phi) is 8.25. The fourth-order valence-corrected chi connectivity index (χ4v) is 9.77. The average molecular weight is 698 g/mol. The first kappa shape index (κ1) is 31.1. The number of thioether (sulfide) groups is 1. The molecule has 12 atom stereocenters. The fraction of sp³-hybridized carbons (Fsp3) is 0.684. The molecule has 242 valence electrons. The van der Waals surface area contributed by atoms with E-state index >= 15 is 0 Å². The quantitative estimate of drug-likeness (QED) is 0.137. The molecule has 1 amide bonds. The lowest BCUT2D eigenvalue weighted by Crippen LogP contribution is -2.70. The number of aromatic nitrogens is 4. The Labute approximate surface area is 257 Å². The smallest absolute Gasteiger partial charge is 0.389 e. The minimum atomic E-state index is -4.73. The second kappa shape index (κ2) is 11.6. The van der Waals surface area contributed by atoms with Crippen molar-refractivity contribution >= 4 is 55.5 Å². The molecular weight excluding hydrogens is 668 g/mol. The van der Waals surface area contributed by atoms with Crippen LogP contribution in [0.25, 0.3) is 5.65 Å². The average Bonchev–Trinajstić information content (AvgIpc) is 3.72. The largest absolute Gasteiger partial charge is 0.472 e. The number of nitrogens with zero attached hydrogens (tertiary/aromatic N) is 5. The van der Waals surface area contributed by atoms with Gasteiger partial charge in [-0.1, -0.05) is 0 Å². The summed E-state index contributed by atoms with van der Waals surface area (Å²) < 4.78 is 43.1. The Morgan fingerprint density at radius 1 is 1.18 bits per heavy atom. The van der Waals surface area contributed by atoms with Gasteiger partial charge in [-0.3, -0.25) is 24.9 Å². The standard InChI is InChI=1S/C19H29N11O10P2S2/c20-14-16-22-2-6(29(16)24-5-23-14)7-1-8-9(38-7)3-37-42(35,43)40-13-12(31)10(4-36-41(33,34)39-8)44-18(13)30-15-11(27-28-30)17(32)26-19(21)25-15/h2,5,7-13,15,18-19,25,27-28,31H,1,3-4,21H2,(H,26,32)(H,33,34)(H,35,43)(H2,20,23,24)/t7-,8+,9-,10-,11?,12-,13-,15?,18-,19?,42?/m1/s1. The molecule has 7 heterocycles. The molecule has 21 nitrogen and oxygen atoms in total. The summed E-state index contributed by atoms with van der Waals surface area (Å²) in [6, 6.07) is -0.770. The minimum absolute atomic E-state index is 0.0548. The van der Waals surface area contributed by atoms with Gasteiger partial charge in [0.1, 0.15) is 54.6 Å². The Balaban J connectivity index is 1.14. The maximum Gasteiger partial charge on any atom is 0.472 e. The molecule has 0 spiro atoms. The molecule has 2 aromatic rings. The lowest BCUT2D eigenvalue weighted by Gasteiger charge is -2.38. The minimum Gasteiger partial charge on any atom is -0.389 e. The summed E-state index contributed by atoms with van der Waals surface area (Å²) in [6.07, 6.45) is -4.16. The van der Waals surface area contributed by atoms with E-state index in [1.165, 1.54) is 17.0 Å². The van der Waals surface area contributed by atoms with E-state index in [1.54, 1.807) is 5.01 Å². The van der Waals surface area contributed by atoms with Crippen molar-refractivity contribution in [3.63, 3.8) is 0 Å². The van der Waals surface area contributed by atoms with Gasteiger partial charge >= 0.3 is 14.5 Å². The van der Waals surface area contributed by atoms with E-state index < -0.39 is 87.4 Å². The number of anilines is 1. The molecule has 44 heavy (non-hydrogen) atoms. The van der Waals surface area contributed by atoms with Crippen LogP contribution in [0, 0.1) is 0 Å². The van der Waals surface area contributed by atoms with Crippen LogP contribution in [0.4, 0.5) is 5.82 Å². The lowest BCUT2D eigenvalue weighted by atomic mass is 10.1. The van der Waals surface area contributed by atoms with Crippen LogP contribution in [0.1, 0.15) is 18.2 Å². The van der Waals surface area contributed by atoms with Crippen molar-refractivity contribution in [1.29, 1.82) is 0 Å². The van der Waals surface area contributed by atoms with Gasteiger partial charge in [0.15, 0.2) is 11.5 Å². The SMILES string of the molecule is Nc1ncnn2c([C@H]3C[C@@H]4OP(=O)(O)OC[C@H]5S[C@@H](N6NNC7C(=O)NC(N)NC76)[C@H](OP(O)(=S)OC[C@H]4O3)[C@@H]5O)cnc12. The maximum absolute atomic E-state index is 13.1. The second-order valence-corrected chi connectivity index (χ2v) is 16.1. The number of hydrogen-bond acceptors (Lipinski definition) is 19. The highest BCUT2D eigenvalue weighted by molar-refractivity contribution is 8.07. The topological polar surface area (TPSA) is 287 Å². The first-order chi connectivity index (χ1) is 20.9. The van der Waals surface area contributed by atoms with Crippen molar-refractivity contribution in [3.05, 3.63) is 18.2 Å². The van der Waals surface area contributed by atoms with Gasteiger partial charge in [-0.25, -0.2) is 24.5 Å². The van der Waals surface area contributed by atoms with Gasteiger partial charge < -0.3 is 39.7 Å². The van der Waals surface area contributed by atoms with Crippen LogP contribution in [0.3, 0.4) is 0 Å². The lowest BCUT2D eigenvalue weighted by molar-refractivity contribution is -0.127. The van der Waals surface area contributed by atoms with Crippen molar-refractivity contribution in [2.45, 2.75) is 66.1 Å². The summed E-state index contributed by atoms with van der Waals surface area (Å²) in [5.41, 5.74) is 18.3. The fourth-order valence-electron chi connectivity index (χ4n) is 5.68. The third-order valence-electron chi connectivity index (χ3n) is 7.70. The molecule has 2 bridgehead atoms. The number of rotatable bonds is 2. The molecule has 7 rings (SSSR count). The van der Waals surface area contributed by atoms with Crippen LogP contribution in [-0.4, -0.2) is 112 Å². The highest BCUT2D eigenvalue weighted by Gasteiger charge is 2.56. The molecule has 0 aliphatic carbocycles. The summed E-state index contributed by atoms with van der Waals surface area (Å²) >= 11 is 6.42. The number of ether oxygens (including phenoxy) is 1. The summed E-state index contributed by atoms with van der Waals surface area (Å²) in [4.78, 5) is 42.4. The van der Waals surface area contributed by atoms with Crippen LogP contribution < -0.4 is 33.1 Å². The number of carbonyl (C=O) groups excluding carboxylic acids is 1. The number of hydrogen-bond donors (Lipinski definition) is 9. The Hall–Kier alpha value is -1.47. The van der Waals surface area contributed by atoms with E-state index in [0.29, 0.717) is 11.3 Å². The summed E-state index contributed by atoms with van der Waals surface area (Å²) in [5.74, 6) is -0.232. The molecule has 5 aliphatic heterocycles. The highest BCUT2D eigenvalue weighted by atomic mass is 32.5. The zero-order valence-electron chi connectivity index (χ0n) is 22.4. The van der Waals surface area contributed by atoms with Crippen LogP contribution in [0.5, 0.6) is 0 Å². The third kappa shape index (κ3) is 5.80. The van der Waals surface area contributed by atoms with Crippen molar-refractivity contribution in [2.75, 3.05) is 18.9 Å². The Bertz CT molecular complexity index is 1540. The van der Waals surface area contributed by atoms with Crippen LogP contribution in [0.2, 0.25) is 0 Å². The molecule has 0 radical (unpaired) electrons. The number of nitrogens with two attached hydrogens (primary N) is 2. The van der Waals surface area contributed by atoms with Crippen molar-refractivity contribution in [2.24, 2.45) is 5.73 Å². The number of phosphoric ester groups is 1. The number of aliphatic hydroxyl groups is 1. The van der Waals surface area contributed by atoms with Gasteiger partial charge in [-0.05, 0) is 11.8 Å². The Morgan fingerprint density at radius 3 is 2.82 bits per heavy atom. The predicted octanol–water partition coefficient (Wildman–Crippen LogP) is -3.55. The molecule has 0 saturated carbocycles. The first-order valence-corrected chi connectivity index (χ1v) is 18.3. The molecule has 0 aromatic carbocycles. The van der Waals surface area contributed by atoms with Crippen LogP contribution in [0.15, 0.2) is 12.5 Å². The monoisotopic (exact) mass is 697 g/mol. The van der Waals surface area contributed by atoms with Gasteiger partial charge in [0, 0.05) is 6.42 Å². The number of imidazole rings is 1. The van der Waals surface area contributed by atoms with E-state index in [1.807, 2.05) is 0 Å². The van der Waals surface area contributed by atoms with E-state index in [9.17, 15) is 24.3 Å². The first-order valence-electron chi connectivity index (χ1n) is 13.3. The van der Waals surface area contributed by atoms with Crippen LogP contribution in [-0.2, 0) is 44.0 Å². The number of amides is 1. The molecule has 5 unspecified atom stereocenters. The molecule has 5 aliphatic rings. The second-order valence-electron chi connectivity index (χ2n) is 10.5. The highest BCUT2D eigenvalue weighted by Crippen LogP contribution is 2.55. The summed E-state index contributed by atoms with van der Waals surface area (Å²) in [5, 5.41) is 20.8. The van der Waals surface area contributed by atoms with Crippen LogP contribution >= 0.6 is 26.3 Å². The van der Waals surface area contributed by atoms with Crippen molar-refractivity contribution in [1.82, 2.24) is 46.2 Å². The van der Waals surface area contributed by atoms with Gasteiger partial charge in [0.05, 0.1) is 36.5 Å². The van der Waals surface area contributed by atoms with E-state index in [4.69, 9.17) is 46.1 Å². The van der Waals surface area contributed by atoms with Crippen molar-refractivity contribution < 1.29 is 47.1 Å². The molecular formula is C19H29N11O10P2S2. The van der Waals surface area contributed by atoms with Gasteiger partial charge in [-0.2, -0.15) is 15.6 Å². The predicted molar refractivity (Wildman–Crippen MR) is 152 cm³/mol. The number of nitrogen functional groups attached to an aromatic ring is 1. The zero-order chi connectivity index (χ0) is 31.0. The van der Waals surface area contributed by atoms with Gasteiger partial charge in [0.25, 0.3) is 0 Å². The summed E-state index contributed by atoms with van der Waals surface area (Å²) in [7, 11) is -4.73. The molecule has 25 heteroatoms. The molecule has 5 fully saturated rings. The number of carbonyl (C=O) groups is 1. The number of nitrogens with one attached hydrogen (secondary N) is 4. The third-order valence-corrected chi connectivity index (χ3v) is 11.8. The maximum atomic E-state index is 13.1.